The minimum absolute atomic E-state index is 0.0446. The topological polar surface area (TPSA) is 61.4 Å². The molecule has 7 heteroatoms. The quantitative estimate of drug-likeness (QED) is 0.607. The van der Waals surface area contributed by atoms with Crippen LogP contribution in [0.3, 0.4) is 0 Å². The number of nitrogens with zero attached hydrogens (tertiary/aromatic N) is 1. The van der Waals surface area contributed by atoms with Gasteiger partial charge in [-0.2, -0.15) is 0 Å². The number of hydrogen-bond donors (Lipinski definition) is 2. The van der Waals surface area contributed by atoms with Crippen LogP contribution in [0.4, 0.5) is 10.5 Å². The molecule has 0 saturated carbocycles. The first kappa shape index (κ1) is 23.0. The summed E-state index contributed by atoms with van der Waals surface area (Å²) >= 11 is 12.1. The number of amides is 3. The summed E-state index contributed by atoms with van der Waals surface area (Å²) in [5.41, 5.74) is 1.57. The highest BCUT2D eigenvalue weighted by molar-refractivity contribution is 6.42. The van der Waals surface area contributed by atoms with Gasteiger partial charge in [0.2, 0.25) is 0 Å². The van der Waals surface area contributed by atoms with Gasteiger partial charge in [-0.1, -0.05) is 35.3 Å². The number of carbonyl (C=O) groups is 2. The van der Waals surface area contributed by atoms with Gasteiger partial charge in [0, 0.05) is 29.4 Å². The molecule has 0 aliphatic rings. The Hall–Kier alpha value is -2.24. The van der Waals surface area contributed by atoms with Crippen molar-refractivity contribution in [3.63, 3.8) is 0 Å². The predicted octanol–water partition coefficient (Wildman–Crippen LogP) is 5.96. The smallest absolute Gasteiger partial charge is 0.322 e. The zero-order valence-corrected chi connectivity index (χ0v) is 18.9. The Kier molecular flexibility index (Phi) is 7.55. The number of hydrogen-bond acceptors (Lipinski definition) is 2. The summed E-state index contributed by atoms with van der Waals surface area (Å²) in [5.74, 6) is -0.190. The van der Waals surface area contributed by atoms with Crippen LogP contribution in [0.2, 0.25) is 10.0 Å². The third kappa shape index (κ3) is 6.94. The van der Waals surface area contributed by atoms with Gasteiger partial charge >= 0.3 is 6.03 Å². The van der Waals surface area contributed by atoms with Gasteiger partial charge in [-0.05, 0) is 70.5 Å². The van der Waals surface area contributed by atoms with Crippen LogP contribution in [0, 0.1) is 0 Å². The van der Waals surface area contributed by atoms with E-state index in [1.54, 1.807) is 41.3 Å². The molecule has 3 amide bonds. The number of rotatable bonds is 5. The lowest BCUT2D eigenvalue weighted by Crippen LogP contribution is -2.41. The second-order valence-corrected chi connectivity index (χ2v) is 9.00. The Morgan fingerprint density at radius 1 is 1.03 bits per heavy atom. The van der Waals surface area contributed by atoms with Crippen molar-refractivity contribution in [2.24, 2.45) is 0 Å². The average molecular weight is 436 g/mol. The normalized spacial score (nSPS) is 11.3. The van der Waals surface area contributed by atoms with Crippen LogP contribution in [0.5, 0.6) is 0 Å². The molecular formula is C22H27Cl2N3O2. The summed E-state index contributed by atoms with van der Waals surface area (Å²) in [6, 6.07) is 11.9. The maximum atomic E-state index is 12.9. The molecule has 0 aliphatic carbocycles. The molecule has 5 nitrogen and oxygen atoms in total. The summed E-state index contributed by atoms with van der Waals surface area (Å²) in [6.07, 6.45) is 0. The molecule has 0 radical (unpaired) electrons. The van der Waals surface area contributed by atoms with Crippen LogP contribution in [-0.2, 0) is 6.54 Å². The molecule has 2 N–H and O–H groups in total. The molecule has 0 bridgehead atoms. The molecule has 0 saturated heterocycles. The number of nitrogens with one attached hydrogen (secondary N) is 2. The molecule has 0 atom stereocenters. The van der Waals surface area contributed by atoms with Crippen LogP contribution >= 0.6 is 23.2 Å². The van der Waals surface area contributed by atoms with Gasteiger partial charge in [-0.15, -0.1) is 0 Å². The summed E-state index contributed by atoms with van der Waals surface area (Å²) < 4.78 is 0. The van der Waals surface area contributed by atoms with Crippen molar-refractivity contribution in [2.45, 2.75) is 52.7 Å². The second kappa shape index (κ2) is 9.51. The molecule has 0 heterocycles. The Balaban J connectivity index is 2.14. The number of anilines is 1. The summed E-state index contributed by atoms with van der Waals surface area (Å²) in [6.45, 7) is 10.00. The Labute approximate surface area is 182 Å². The Morgan fingerprint density at radius 2 is 1.72 bits per heavy atom. The van der Waals surface area contributed by atoms with Gasteiger partial charge in [0.25, 0.3) is 5.91 Å². The van der Waals surface area contributed by atoms with Gasteiger partial charge in [-0.25, -0.2) is 4.79 Å². The minimum atomic E-state index is -0.343. The number of urea groups is 1. The average Bonchev–Trinajstić information content (AvgIpc) is 2.61. The third-order valence-electron chi connectivity index (χ3n) is 4.09. The van der Waals surface area contributed by atoms with Crippen molar-refractivity contribution in [3.05, 3.63) is 63.6 Å². The van der Waals surface area contributed by atoms with E-state index in [1.165, 1.54) is 0 Å². The maximum absolute atomic E-state index is 12.9. The van der Waals surface area contributed by atoms with Gasteiger partial charge < -0.3 is 15.5 Å². The maximum Gasteiger partial charge on any atom is 0.322 e. The first-order valence-electron chi connectivity index (χ1n) is 9.40. The van der Waals surface area contributed by atoms with E-state index >= 15 is 0 Å². The number of benzene rings is 2. The lowest BCUT2D eigenvalue weighted by atomic mass is 10.1. The molecule has 0 spiro atoms. The van der Waals surface area contributed by atoms with E-state index in [0.717, 1.165) is 5.56 Å². The van der Waals surface area contributed by atoms with Crippen LogP contribution in [0.15, 0.2) is 42.5 Å². The molecule has 2 aromatic carbocycles. The predicted molar refractivity (Wildman–Crippen MR) is 120 cm³/mol. The molecule has 2 aromatic rings. The lowest BCUT2D eigenvalue weighted by Gasteiger charge is -2.27. The molecular weight excluding hydrogens is 409 g/mol. The van der Waals surface area contributed by atoms with Crippen LogP contribution in [-0.4, -0.2) is 28.4 Å². The number of carbonyl (C=O) groups excluding carboxylic acids is 2. The SMILES string of the molecule is CC(C)N(Cc1ccc(Cl)c(Cl)c1)C(=O)Nc1cccc(C(=O)NC(C)(C)C)c1. The van der Waals surface area contributed by atoms with E-state index < -0.39 is 0 Å². The summed E-state index contributed by atoms with van der Waals surface area (Å²) in [4.78, 5) is 26.9. The van der Waals surface area contributed by atoms with Crippen LogP contribution in [0.1, 0.15) is 50.5 Å². The van der Waals surface area contributed by atoms with Crippen molar-refractivity contribution >= 4 is 40.8 Å². The molecule has 0 aromatic heterocycles. The van der Waals surface area contributed by atoms with E-state index in [4.69, 9.17) is 23.2 Å². The van der Waals surface area contributed by atoms with E-state index in [0.29, 0.717) is 27.8 Å². The standard InChI is InChI=1S/C22H27Cl2N3O2/c1-14(2)27(13-15-9-10-18(23)19(24)11-15)21(29)25-17-8-6-7-16(12-17)20(28)26-22(3,4)5/h6-12,14H,13H2,1-5H3,(H,25,29)(H,26,28). The monoisotopic (exact) mass is 435 g/mol. The first-order chi connectivity index (χ1) is 13.5. The van der Waals surface area contributed by atoms with Crippen molar-refractivity contribution < 1.29 is 9.59 Å². The Morgan fingerprint density at radius 3 is 2.31 bits per heavy atom. The van der Waals surface area contributed by atoms with E-state index in [9.17, 15) is 9.59 Å². The van der Waals surface area contributed by atoms with Crippen molar-refractivity contribution in [1.29, 1.82) is 0 Å². The fourth-order valence-corrected chi connectivity index (χ4v) is 2.99. The van der Waals surface area contributed by atoms with E-state index in [1.807, 2.05) is 40.7 Å². The summed E-state index contributed by atoms with van der Waals surface area (Å²) in [5, 5.41) is 6.71. The van der Waals surface area contributed by atoms with Crippen LogP contribution < -0.4 is 10.6 Å². The number of halogens is 2. The fraction of sp³-hybridized carbons (Fsp3) is 0.364. The van der Waals surface area contributed by atoms with E-state index in [2.05, 4.69) is 10.6 Å². The molecule has 0 aliphatic heterocycles. The van der Waals surface area contributed by atoms with Gasteiger partial charge in [-0.3, -0.25) is 4.79 Å². The van der Waals surface area contributed by atoms with Crippen LogP contribution in [0.25, 0.3) is 0 Å². The largest absolute Gasteiger partial charge is 0.347 e. The first-order valence-corrected chi connectivity index (χ1v) is 10.2. The fourth-order valence-electron chi connectivity index (χ4n) is 2.67. The zero-order valence-electron chi connectivity index (χ0n) is 17.3. The highest BCUT2D eigenvalue weighted by atomic mass is 35.5. The lowest BCUT2D eigenvalue weighted by molar-refractivity contribution is 0.0919. The van der Waals surface area contributed by atoms with Gasteiger partial charge in [0.15, 0.2) is 0 Å². The molecule has 2 rings (SSSR count). The van der Waals surface area contributed by atoms with Crippen molar-refractivity contribution in [2.75, 3.05) is 5.32 Å². The Bertz CT molecular complexity index is 892. The van der Waals surface area contributed by atoms with Gasteiger partial charge in [0.1, 0.15) is 0 Å². The second-order valence-electron chi connectivity index (χ2n) is 8.19. The van der Waals surface area contributed by atoms with Crippen molar-refractivity contribution in [1.82, 2.24) is 10.2 Å². The molecule has 0 fully saturated rings. The zero-order chi connectivity index (χ0) is 21.8. The van der Waals surface area contributed by atoms with E-state index in [-0.39, 0.29) is 23.5 Å². The summed E-state index contributed by atoms with van der Waals surface area (Å²) in [7, 11) is 0. The highest BCUT2D eigenvalue weighted by Crippen LogP contribution is 2.24. The highest BCUT2D eigenvalue weighted by Gasteiger charge is 2.19. The molecule has 29 heavy (non-hydrogen) atoms. The van der Waals surface area contributed by atoms with Crippen molar-refractivity contribution in [3.8, 4) is 0 Å². The third-order valence-corrected chi connectivity index (χ3v) is 4.82. The molecule has 156 valence electrons. The van der Waals surface area contributed by atoms with Gasteiger partial charge in [0.05, 0.1) is 10.0 Å². The molecule has 0 unspecified atom stereocenters. The minimum Gasteiger partial charge on any atom is -0.347 e.